The average Bonchev–Trinajstić information content (AvgIpc) is 3.22. The summed E-state index contributed by atoms with van der Waals surface area (Å²) < 4.78 is 3.62. The minimum absolute atomic E-state index is 0.0545. The summed E-state index contributed by atoms with van der Waals surface area (Å²) in [7, 11) is 0. The predicted molar refractivity (Wildman–Crippen MR) is 110 cm³/mol. The molecular weight excluding hydrogens is 374 g/mol. The Bertz CT molecular complexity index is 957. The van der Waals surface area contributed by atoms with E-state index in [-0.39, 0.29) is 11.4 Å². The quantitative estimate of drug-likeness (QED) is 0.639. The molecule has 8 nitrogen and oxygen atoms in total. The molecule has 3 aromatic rings. The minimum atomic E-state index is -0.200. The van der Waals surface area contributed by atoms with Gasteiger partial charge in [0.25, 0.3) is 0 Å². The second kappa shape index (κ2) is 8.14. The summed E-state index contributed by atoms with van der Waals surface area (Å²) in [5.41, 5.74) is 3.22. The van der Waals surface area contributed by atoms with E-state index in [1.165, 1.54) is 11.8 Å². The molecule has 0 spiro atoms. The van der Waals surface area contributed by atoms with Crippen LogP contribution in [0.2, 0.25) is 0 Å². The molecule has 2 aromatic heterocycles. The highest BCUT2D eigenvalue weighted by molar-refractivity contribution is 7.99. The van der Waals surface area contributed by atoms with Crippen molar-refractivity contribution in [1.82, 2.24) is 30.0 Å². The lowest BCUT2D eigenvalue weighted by molar-refractivity contribution is -0.115. The summed E-state index contributed by atoms with van der Waals surface area (Å²) in [4.78, 5) is 12.5. The smallest absolute Gasteiger partial charge is 0.225 e. The third-order valence-corrected chi connectivity index (χ3v) is 5.11. The fraction of sp³-hybridized carbons (Fsp3) is 0.421. The Morgan fingerprint density at radius 1 is 1.18 bits per heavy atom. The number of para-hydroxylation sites is 1. The van der Waals surface area contributed by atoms with Crippen LogP contribution in [0.3, 0.4) is 0 Å². The van der Waals surface area contributed by atoms with Gasteiger partial charge in [0, 0.05) is 12.2 Å². The molecule has 2 heterocycles. The third kappa shape index (κ3) is 4.41. The van der Waals surface area contributed by atoms with Gasteiger partial charge >= 0.3 is 0 Å². The number of anilines is 1. The molecule has 0 aliphatic heterocycles. The number of carbonyl (C=O) groups excluding carboxylic acids is 1. The van der Waals surface area contributed by atoms with E-state index in [1.807, 2.05) is 69.6 Å². The van der Waals surface area contributed by atoms with Gasteiger partial charge in [-0.25, -0.2) is 9.36 Å². The highest BCUT2D eigenvalue weighted by Gasteiger charge is 2.20. The average molecular weight is 400 g/mol. The molecule has 0 aliphatic rings. The van der Waals surface area contributed by atoms with E-state index >= 15 is 0 Å². The molecule has 3 rings (SSSR count). The SMILES string of the molecule is Cc1nn(-c2ccccc2)c(C)c1NC(=O)CCSc1nnnn1C(C)(C)C. The standard InChI is InChI=1S/C19H25N7OS/c1-13-17(14(2)25(22-13)15-9-7-6-8-10-15)20-16(27)11-12-28-18-21-23-24-26(18)19(3,4)5/h6-10H,11-12H2,1-5H3,(H,20,27). The molecule has 0 bridgehead atoms. The Labute approximate surface area is 168 Å². The van der Waals surface area contributed by atoms with E-state index in [0.717, 1.165) is 22.8 Å². The van der Waals surface area contributed by atoms with Gasteiger partial charge in [-0.05, 0) is 57.2 Å². The monoisotopic (exact) mass is 399 g/mol. The van der Waals surface area contributed by atoms with Gasteiger partial charge in [0.05, 0.1) is 28.3 Å². The van der Waals surface area contributed by atoms with Crippen molar-refractivity contribution >= 4 is 23.4 Å². The number of carbonyl (C=O) groups is 1. The Morgan fingerprint density at radius 2 is 1.89 bits per heavy atom. The van der Waals surface area contributed by atoms with Gasteiger partial charge in [0.1, 0.15) is 0 Å². The fourth-order valence-corrected chi connectivity index (χ4v) is 3.77. The number of tetrazole rings is 1. The molecule has 0 atom stereocenters. The van der Waals surface area contributed by atoms with Crippen molar-refractivity contribution in [3.8, 4) is 5.69 Å². The van der Waals surface area contributed by atoms with Gasteiger partial charge in [-0.3, -0.25) is 4.79 Å². The Hall–Kier alpha value is -2.68. The van der Waals surface area contributed by atoms with Crippen LogP contribution in [0.1, 0.15) is 38.6 Å². The lowest BCUT2D eigenvalue weighted by Crippen LogP contribution is -2.24. The van der Waals surface area contributed by atoms with E-state index in [9.17, 15) is 4.79 Å². The molecule has 0 saturated heterocycles. The number of nitrogens with one attached hydrogen (secondary N) is 1. The number of thioether (sulfide) groups is 1. The predicted octanol–water partition coefficient (Wildman–Crippen LogP) is 3.35. The van der Waals surface area contributed by atoms with Gasteiger partial charge in [0.2, 0.25) is 11.1 Å². The number of amides is 1. The first-order valence-electron chi connectivity index (χ1n) is 9.10. The maximum Gasteiger partial charge on any atom is 0.225 e. The maximum atomic E-state index is 12.5. The van der Waals surface area contributed by atoms with Crippen LogP contribution in [-0.2, 0) is 10.3 Å². The van der Waals surface area contributed by atoms with E-state index in [2.05, 4.69) is 25.9 Å². The van der Waals surface area contributed by atoms with E-state index in [0.29, 0.717) is 17.3 Å². The summed E-state index contributed by atoms with van der Waals surface area (Å²) in [6.45, 7) is 9.96. The topological polar surface area (TPSA) is 90.5 Å². The minimum Gasteiger partial charge on any atom is -0.323 e. The second-order valence-corrected chi connectivity index (χ2v) is 8.55. The molecule has 0 fully saturated rings. The zero-order valence-corrected chi connectivity index (χ0v) is 17.6. The van der Waals surface area contributed by atoms with Crippen LogP contribution >= 0.6 is 11.8 Å². The van der Waals surface area contributed by atoms with Crippen molar-refractivity contribution in [3.63, 3.8) is 0 Å². The molecule has 1 aromatic carbocycles. The number of hydrogen-bond acceptors (Lipinski definition) is 6. The molecule has 28 heavy (non-hydrogen) atoms. The lowest BCUT2D eigenvalue weighted by Gasteiger charge is -2.19. The van der Waals surface area contributed by atoms with Crippen LogP contribution in [0.5, 0.6) is 0 Å². The number of nitrogens with zero attached hydrogens (tertiary/aromatic N) is 6. The first kappa shape index (κ1) is 20.1. The lowest BCUT2D eigenvalue weighted by atomic mass is 10.1. The van der Waals surface area contributed by atoms with Crippen LogP contribution in [0.25, 0.3) is 5.69 Å². The molecule has 1 N–H and O–H groups in total. The van der Waals surface area contributed by atoms with Gasteiger partial charge in [-0.15, -0.1) is 5.10 Å². The van der Waals surface area contributed by atoms with Crippen LogP contribution in [-0.4, -0.2) is 41.6 Å². The number of aryl methyl sites for hydroxylation is 1. The summed E-state index contributed by atoms with van der Waals surface area (Å²) in [6, 6.07) is 9.87. The number of benzene rings is 1. The van der Waals surface area contributed by atoms with Crippen molar-refractivity contribution in [3.05, 3.63) is 41.7 Å². The summed E-state index contributed by atoms with van der Waals surface area (Å²) in [6.07, 6.45) is 0.358. The first-order chi connectivity index (χ1) is 13.3. The zero-order chi connectivity index (χ0) is 20.3. The van der Waals surface area contributed by atoms with Gasteiger partial charge in [-0.1, -0.05) is 30.0 Å². The summed E-state index contributed by atoms with van der Waals surface area (Å²) in [5.74, 6) is 0.536. The Kier molecular flexibility index (Phi) is 5.83. The fourth-order valence-electron chi connectivity index (χ4n) is 2.77. The number of aromatic nitrogens is 6. The number of hydrogen-bond donors (Lipinski definition) is 1. The summed E-state index contributed by atoms with van der Waals surface area (Å²) in [5, 5.41) is 20.1. The van der Waals surface area contributed by atoms with Crippen molar-refractivity contribution < 1.29 is 4.79 Å². The van der Waals surface area contributed by atoms with Gasteiger partial charge in [-0.2, -0.15) is 5.10 Å². The Morgan fingerprint density at radius 3 is 2.57 bits per heavy atom. The molecule has 0 saturated carbocycles. The molecule has 148 valence electrons. The van der Waals surface area contributed by atoms with Crippen LogP contribution in [0.15, 0.2) is 35.5 Å². The summed E-state index contributed by atoms with van der Waals surface area (Å²) >= 11 is 1.48. The largest absolute Gasteiger partial charge is 0.323 e. The van der Waals surface area contributed by atoms with Crippen LogP contribution < -0.4 is 5.32 Å². The van der Waals surface area contributed by atoms with E-state index < -0.39 is 0 Å². The molecule has 9 heteroatoms. The number of rotatable bonds is 6. The van der Waals surface area contributed by atoms with Crippen molar-refractivity contribution in [2.75, 3.05) is 11.1 Å². The van der Waals surface area contributed by atoms with E-state index in [1.54, 1.807) is 4.68 Å². The first-order valence-corrected chi connectivity index (χ1v) is 10.1. The second-order valence-electron chi connectivity index (χ2n) is 7.48. The maximum absolute atomic E-state index is 12.5. The zero-order valence-electron chi connectivity index (χ0n) is 16.8. The van der Waals surface area contributed by atoms with Crippen molar-refractivity contribution in [2.24, 2.45) is 0 Å². The Balaban J connectivity index is 1.62. The van der Waals surface area contributed by atoms with Crippen LogP contribution in [0, 0.1) is 13.8 Å². The molecular formula is C19H25N7OS. The normalized spacial score (nSPS) is 11.6. The van der Waals surface area contributed by atoms with E-state index in [4.69, 9.17) is 0 Å². The molecule has 0 unspecified atom stereocenters. The molecule has 0 aliphatic carbocycles. The third-order valence-electron chi connectivity index (χ3n) is 4.19. The van der Waals surface area contributed by atoms with Crippen molar-refractivity contribution in [1.29, 1.82) is 0 Å². The molecule has 1 amide bonds. The van der Waals surface area contributed by atoms with Gasteiger partial charge in [0.15, 0.2) is 0 Å². The van der Waals surface area contributed by atoms with Crippen LogP contribution in [0.4, 0.5) is 5.69 Å². The van der Waals surface area contributed by atoms with Crippen molar-refractivity contribution in [2.45, 2.75) is 51.7 Å². The highest BCUT2D eigenvalue weighted by atomic mass is 32.2. The van der Waals surface area contributed by atoms with Gasteiger partial charge < -0.3 is 5.32 Å². The highest BCUT2D eigenvalue weighted by Crippen LogP contribution is 2.24. The molecule has 0 radical (unpaired) electrons.